The molecule has 0 aliphatic rings. The molecule has 28 heavy (non-hydrogen) atoms. The second kappa shape index (κ2) is 7.86. The Morgan fingerprint density at radius 1 is 1.04 bits per heavy atom. The summed E-state index contributed by atoms with van der Waals surface area (Å²) in [5.74, 6) is -0.522. The van der Waals surface area contributed by atoms with E-state index in [1.807, 2.05) is 30.3 Å². The maximum absolute atomic E-state index is 12.7. The van der Waals surface area contributed by atoms with Crippen LogP contribution in [0, 0.1) is 0 Å². The number of hydrogen-bond donors (Lipinski definition) is 1. The summed E-state index contributed by atoms with van der Waals surface area (Å²) < 4.78 is 12.2. The minimum atomic E-state index is -0.667. The summed E-state index contributed by atoms with van der Waals surface area (Å²) >= 11 is 0. The van der Waals surface area contributed by atoms with Crippen LogP contribution in [-0.2, 0) is 22.7 Å². The third-order valence-electron chi connectivity index (χ3n) is 4.10. The van der Waals surface area contributed by atoms with Crippen LogP contribution in [0.25, 0.3) is 10.9 Å². The summed E-state index contributed by atoms with van der Waals surface area (Å²) in [5, 5.41) is 10.2. The van der Waals surface area contributed by atoms with E-state index in [9.17, 15) is 14.7 Å². The van der Waals surface area contributed by atoms with Crippen LogP contribution in [0.5, 0.6) is 0 Å². The van der Waals surface area contributed by atoms with Crippen LogP contribution in [0.1, 0.15) is 42.3 Å². The van der Waals surface area contributed by atoms with Crippen LogP contribution in [-0.4, -0.2) is 27.3 Å². The molecule has 0 fully saturated rings. The predicted octanol–water partition coefficient (Wildman–Crippen LogP) is 4.27. The van der Waals surface area contributed by atoms with Gasteiger partial charge in [-0.05, 0) is 38.5 Å². The number of fused-ring (bicyclic) bond motifs is 1. The highest BCUT2D eigenvalue weighted by Crippen LogP contribution is 2.27. The SMILES string of the molecule is CC(C)(C)OC(=O)n1cc(CO)c2c(C(=O)OCc3ccccc3)cccc21. The standard InChI is InChI=1S/C22H23NO5/c1-22(2,3)28-21(26)23-12-16(13-24)19-17(10-7-11-18(19)23)20(25)27-14-15-8-5-4-6-9-15/h4-12,24H,13-14H2,1-3H3. The smallest absolute Gasteiger partial charge is 0.419 e. The van der Waals surface area contributed by atoms with E-state index in [0.29, 0.717) is 22.0 Å². The van der Waals surface area contributed by atoms with E-state index in [1.165, 1.54) is 10.8 Å². The average molecular weight is 381 g/mol. The Morgan fingerprint density at radius 3 is 2.39 bits per heavy atom. The molecule has 0 saturated carbocycles. The van der Waals surface area contributed by atoms with Gasteiger partial charge in [0.2, 0.25) is 0 Å². The molecule has 0 saturated heterocycles. The van der Waals surface area contributed by atoms with Crippen LogP contribution in [0.3, 0.4) is 0 Å². The molecule has 0 radical (unpaired) electrons. The fraction of sp³-hybridized carbons (Fsp3) is 0.273. The summed E-state index contributed by atoms with van der Waals surface area (Å²) in [6, 6.07) is 14.4. The second-order valence-electron chi connectivity index (χ2n) is 7.42. The van der Waals surface area contributed by atoms with Crippen molar-refractivity contribution in [3.63, 3.8) is 0 Å². The van der Waals surface area contributed by atoms with Crippen molar-refractivity contribution in [1.29, 1.82) is 0 Å². The average Bonchev–Trinajstić information content (AvgIpc) is 3.04. The van der Waals surface area contributed by atoms with Gasteiger partial charge in [0.15, 0.2) is 0 Å². The van der Waals surface area contributed by atoms with Crippen molar-refractivity contribution in [2.24, 2.45) is 0 Å². The van der Waals surface area contributed by atoms with Crippen molar-refractivity contribution < 1.29 is 24.2 Å². The zero-order valence-electron chi connectivity index (χ0n) is 16.1. The van der Waals surface area contributed by atoms with Gasteiger partial charge < -0.3 is 14.6 Å². The molecule has 0 spiro atoms. The van der Waals surface area contributed by atoms with Gasteiger partial charge in [-0.3, -0.25) is 4.57 Å². The number of aromatic nitrogens is 1. The topological polar surface area (TPSA) is 77.8 Å². The summed E-state index contributed by atoms with van der Waals surface area (Å²) in [6.45, 7) is 5.13. The van der Waals surface area contributed by atoms with Gasteiger partial charge in [-0.2, -0.15) is 0 Å². The number of aliphatic hydroxyl groups is 1. The Labute approximate surface area is 163 Å². The number of aliphatic hydroxyl groups excluding tert-OH is 1. The molecule has 6 nitrogen and oxygen atoms in total. The first-order valence-electron chi connectivity index (χ1n) is 8.98. The monoisotopic (exact) mass is 381 g/mol. The van der Waals surface area contributed by atoms with Crippen LogP contribution >= 0.6 is 0 Å². The van der Waals surface area contributed by atoms with E-state index < -0.39 is 17.7 Å². The van der Waals surface area contributed by atoms with Gasteiger partial charge in [0.1, 0.15) is 12.2 Å². The Morgan fingerprint density at radius 2 is 1.75 bits per heavy atom. The minimum Gasteiger partial charge on any atom is -0.457 e. The third-order valence-corrected chi connectivity index (χ3v) is 4.10. The largest absolute Gasteiger partial charge is 0.457 e. The van der Waals surface area contributed by atoms with Gasteiger partial charge in [0.05, 0.1) is 17.7 Å². The van der Waals surface area contributed by atoms with Crippen LogP contribution in [0.15, 0.2) is 54.7 Å². The number of carbonyl (C=O) groups is 2. The molecule has 0 bridgehead atoms. The Balaban J connectivity index is 1.95. The van der Waals surface area contributed by atoms with Crippen molar-refractivity contribution in [2.75, 3.05) is 0 Å². The van der Waals surface area contributed by atoms with E-state index in [1.54, 1.807) is 39.0 Å². The van der Waals surface area contributed by atoms with Gasteiger partial charge in [-0.15, -0.1) is 0 Å². The van der Waals surface area contributed by atoms with Gasteiger partial charge in [-0.25, -0.2) is 9.59 Å². The number of ether oxygens (including phenoxy) is 2. The molecular weight excluding hydrogens is 358 g/mol. The zero-order chi connectivity index (χ0) is 20.3. The van der Waals surface area contributed by atoms with Crippen LogP contribution in [0.2, 0.25) is 0 Å². The highest BCUT2D eigenvalue weighted by molar-refractivity contribution is 6.07. The highest BCUT2D eigenvalue weighted by Gasteiger charge is 2.23. The Bertz CT molecular complexity index is 999. The molecule has 0 aliphatic carbocycles. The molecule has 2 aromatic carbocycles. The zero-order valence-corrected chi connectivity index (χ0v) is 16.1. The van der Waals surface area contributed by atoms with Crippen molar-refractivity contribution in [1.82, 2.24) is 4.57 Å². The summed E-state index contributed by atoms with van der Waals surface area (Å²) in [4.78, 5) is 25.2. The third kappa shape index (κ3) is 4.23. The van der Waals surface area contributed by atoms with E-state index in [0.717, 1.165) is 5.56 Å². The molecule has 1 N–H and O–H groups in total. The first-order chi connectivity index (χ1) is 13.3. The van der Waals surface area contributed by atoms with Crippen molar-refractivity contribution in [3.05, 3.63) is 71.4 Å². The lowest BCUT2D eigenvalue weighted by Gasteiger charge is -2.19. The van der Waals surface area contributed by atoms with Crippen molar-refractivity contribution >= 4 is 23.0 Å². The lowest BCUT2D eigenvalue weighted by Crippen LogP contribution is -2.26. The summed E-state index contributed by atoms with van der Waals surface area (Å²) in [6.07, 6.45) is 0.916. The first kappa shape index (κ1) is 19.6. The van der Waals surface area contributed by atoms with Crippen molar-refractivity contribution in [2.45, 2.75) is 39.6 Å². The molecule has 0 amide bonds. The molecule has 3 aromatic rings. The lowest BCUT2D eigenvalue weighted by molar-refractivity contribution is 0.0473. The van der Waals surface area contributed by atoms with Crippen molar-refractivity contribution in [3.8, 4) is 0 Å². The molecular formula is C22H23NO5. The number of benzene rings is 2. The summed E-state index contributed by atoms with van der Waals surface area (Å²) in [5.41, 5.74) is 1.43. The normalized spacial score (nSPS) is 11.4. The maximum atomic E-state index is 12.7. The molecule has 0 atom stereocenters. The maximum Gasteiger partial charge on any atom is 0.419 e. The lowest BCUT2D eigenvalue weighted by atomic mass is 10.1. The molecule has 3 rings (SSSR count). The number of nitrogens with zero attached hydrogens (tertiary/aromatic N) is 1. The number of hydrogen-bond acceptors (Lipinski definition) is 5. The van der Waals surface area contributed by atoms with E-state index in [4.69, 9.17) is 9.47 Å². The van der Waals surface area contributed by atoms with E-state index in [-0.39, 0.29) is 13.2 Å². The van der Waals surface area contributed by atoms with Gasteiger partial charge >= 0.3 is 12.1 Å². The first-order valence-corrected chi connectivity index (χ1v) is 8.98. The van der Waals surface area contributed by atoms with Crippen LogP contribution < -0.4 is 0 Å². The minimum absolute atomic E-state index is 0.136. The van der Waals surface area contributed by atoms with Gasteiger partial charge in [0.25, 0.3) is 0 Å². The van der Waals surface area contributed by atoms with Gasteiger partial charge in [0, 0.05) is 17.1 Å². The predicted molar refractivity (Wildman–Crippen MR) is 105 cm³/mol. The Kier molecular flexibility index (Phi) is 5.51. The van der Waals surface area contributed by atoms with E-state index in [2.05, 4.69) is 0 Å². The quantitative estimate of drug-likeness (QED) is 0.683. The Hall–Kier alpha value is -3.12. The van der Waals surface area contributed by atoms with Crippen LogP contribution in [0.4, 0.5) is 4.79 Å². The number of carbonyl (C=O) groups excluding carboxylic acids is 2. The molecule has 6 heteroatoms. The molecule has 1 heterocycles. The number of rotatable bonds is 4. The molecule has 0 unspecified atom stereocenters. The molecule has 1 aromatic heterocycles. The second-order valence-corrected chi connectivity index (χ2v) is 7.42. The fourth-order valence-corrected chi connectivity index (χ4v) is 2.92. The number of esters is 1. The van der Waals surface area contributed by atoms with E-state index >= 15 is 0 Å². The highest BCUT2D eigenvalue weighted by atomic mass is 16.6. The summed E-state index contributed by atoms with van der Waals surface area (Å²) in [7, 11) is 0. The molecule has 0 aliphatic heterocycles. The molecule has 146 valence electrons. The fourth-order valence-electron chi connectivity index (χ4n) is 2.92. The van der Waals surface area contributed by atoms with Gasteiger partial charge in [-0.1, -0.05) is 36.4 Å².